The standard InChI is InChI=1S/C23H33N3O3.HI/c1-5-28-14-15-29-22-16-18(2)10-11-20(22)17-26-23(24-3)25-13-12-19-8-6-7-9-21(19)27-4;/h6-11,16H,5,12-15,17H2,1-4H3,(H2,24,25,26);1H. The number of methoxy groups -OCH3 is 1. The molecular weight excluding hydrogens is 493 g/mol. The van der Waals surface area contributed by atoms with Crippen LogP contribution in [0, 0.1) is 6.92 Å². The largest absolute Gasteiger partial charge is 0.496 e. The van der Waals surface area contributed by atoms with Crippen molar-refractivity contribution in [3.63, 3.8) is 0 Å². The van der Waals surface area contributed by atoms with E-state index in [-0.39, 0.29) is 24.0 Å². The predicted molar refractivity (Wildman–Crippen MR) is 133 cm³/mol. The Morgan fingerprint density at radius 1 is 1.00 bits per heavy atom. The summed E-state index contributed by atoms with van der Waals surface area (Å²) in [6.45, 7) is 7.24. The Labute approximate surface area is 197 Å². The van der Waals surface area contributed by atoms with Crippen LogP contribution in [-0.2, 0) is 17.7 Å². The van der Waals surface area contributed by atoms with Gasteiger partial charge in [-0.3, -0.25) is 4.99 Å². The average molecular weight is 527 g/mol. The Hall–Kier alpha value is -2.00. The highest BCUT2D eigenvalue weighted by Crippen LogP contribution is 2.20. The Morgan fingerprint density at radius 2 is 1.80 bits per heavy atom. The molecule has 0 bridgehead atoms. The maximum Gasteiger partial charge on any atom is 0.191 e. The molecule has 0 radical (unpaired) electrons. The molecule has 7 heteroatoms. The van der Waals surface area contributed by atoms with Crippen molar-refractivity contribution in [2.75, 3.05) is 40.5 Å². The minimum absolute atomic E-state index is 0. The zero-order chi connectivity index (χ0) is 20.9. The summed E-state index contributed by atoms with van der Waals surface area (Å²) in [4.78, 5) is 4.31. The van der Waals surface area contributed by atoms with E-state index in [4.69, 9.17) is 14.2 Å². The number of para-hydroxylation sites is 1. The fourth-order valence-corrected chi connectivity index (χ4v) is 2.92. The van der Waals surface area contributed by atoms with Gasteiger partial charge in [0.1, 0.15) is 18.1 Å². The molecule has 0 aromatic heterocycles. The molecule has 30 heavy (non-hydrogen) atoms. The maximum atomic E-state index is 5.91. The van der Waals surface area contributed by atoms with Gasteiger partial charge in [-0.2, -0.15) is 0 Å². The van der Waals surface area contributed by atoms with Crippen molar-refractivity contribution in [2.24, 2.45) is 4.99 Å². The van der Waals surface area contributed by atoms with Gasteiger partial charge in [0.15, 0.2) is 5.96 Å². The molecule has 0 saturated heterocycles. The summed E-state index contributed by atoms with van der Waals surface area (Å²) >= 11 is 0. The first-order valence-electron chi connectivity index (χ1n) is 10.0. The van der Waals surface area contributed by atoms with Gasteiger partial charge < -0.3 is 24.8 Å². The second-order valence-electron chi connectivity index (χ2n) is 6.57. The van der Waals surface area contributed by atoms with Crippen LogP contribution in [0.15, 0.2) is 47.5 Å². The third-order valence-electron chi connectivity index (χ3n) is 4.46. The van der Waals surface area contributed by atoms with Gasteiger partial charge in [-0.1, -0.05) is 30.3 Å². The molecule has 0 amide bonds. The number of aryl methyl sites for hydroxylation is 1. The molecule has 2 aromatic carbocycles. The topological polar surface area (TPSA) is 64.1 Å². The van der Waals surface area contributed by atoms with E-state index in [1.165, 1.54) is 11.1 Å². The number of nitrogens with zero attached hydrogens (tertiary/aromatic N) is 1. The number of halogens is 1. The van der Waals surface area contributed by atoms with E-state index < -0.39 is 0 Å². The van der Waals surface area contributed by atoms with Crippen LogP contribution in [0.25, 0.3) is 0 Å². The van der Waals surface area contributed by atoms with Crippen LogP contribution in [0.3, 0.4) is 0 Å². The first-order valence-corrected chi connectivity index (χ1v) is 10.0. The molecule has 0 aliphatic heterocycles. The highest BCUT2D eigenvalue weighted by Gasteiger charge is 2.07. The summed E-state index contributed by atoms with van der Waals surface area (Å²) in [6.07, 6.45) is 0.848. The second kappa shape index (κ2) is 14.9. The number of nitrogens with one attached hydrogen (secondary N) is 2. The molecule has 0 spiro atoms. The predicted octanol–water partition coefficient (Wildman–Crippen LogP) is 3.94. The van der Waals surface area contributed by atoms with Crippen molar-refractivity contribution in [3.05, 3.63) is 59.2 Å². The van der Waals surface area contributed by atoms with E-state index in [9.17, 15) is 0 Å². The Balaban J connectivity index is 0.00000450. The molecule has 2 N–H and O–H groups in total. The molecule has 0 heterocycles. The molecule has 0 fully saturated rings. The molecule has 0 aliphatic rings. The molecule has 0 atom stereocenters. The van der Waals surface area contributed by atoms with Crippen molar-refractivity contribution in [1.29, 1.82) is 0 Å². The van der Waals surface area contributed by atoms with Gasteiger partial charge in [0, 0.05) is 32.3 Å². The van der Waals surface area contributed by atoms with Crippen molar-refractivity contribution in [2.45, 2.75) is 26.8 Å². The molecule has 0 aliphatic carbocycles. The average Bonchev–Trinajstić information content (AvgIpc) is 2.75. The number of guanidine groups is 1. The van der Waals surface area contributed by atoms with Crippen molar-refractivity contribution in [3.8, 4) is 11.5 Å². The molecule has 0 unspecified atom stereocenters. The van der Waals surface area contributed by atoms with Crippen molar-refractivity contribution < 1.29 is 14.2 Å². The summed E-state index contributed by atoms with van der Waals surface area (Å²) in [7, 11) is 3.47. The quantitative estimate of drug-likeness (QED) is 0.201. The van der Waals surface area contributed by atoms with Crippen LogP contribution in [0.4, 0.5) is 0 Å². The number of benzene rings is 2. The van der Waals surface area contributed by atoms with Crippen LogP contribution in [0.2, 0.25) is 0 Å². The minimum Gasteiger partial charge on any atom is -0.496 e. The third-order valence-corrected chi connectivity index (χ3v) is 4.46. The van der Waals surface area contributed by atoms with Crippen LogP contribution < -0.4 is 20.1 Å². The van der Waals surface area contributed by atoms with E-state index in [0.717, 1.165) is 36.0 Å². The Kier molecular flexibility index (Phi) is 12.9. The highest BCUT2D eigenvalue weighted by molar-refractivity contribution is 14.0. The van der Waals surface area contributed by atoms with Crippen molar-refractivity contribution >= 4 is 29.9 Å². The van der Waals surface area contributed by atoms with E-state index in [0.29, 0.717) is 26.4 Å². The SMILES string of the molecule is CCOCCOc1cc(C)ccc1CNC(=NC)NCCc1ccccc1OC.I. The monoisotopic (exact) mass is 527 g/mol. The molecule has 2 aromatic rings. The van der Waals surface area contributed by atoms with E-state index in [2.05, 4.69) is 46.8 Å². The van der Waals surface area contributed by atoms with Crippen LogP contribution in [0.5, 0.6) is 11.5 Å². The summed E-state index contributed by atoms with van der Waals surface area (Å²) in [5.41, 5.74) is 3.42. The number of rotatable bonds is 11. The lowest BCUT2D eigenvalue weighted by Gasteiger charge is -2.16. The van der Waals surface area contributed by atoms with Crippen LogP contribution in [0.1, 0.15) is 23.6 Å². The minimum atomic E-state index is 0. The Morgan fingerprint density at radius 3 is 2.53 bits per heavy atom. The third kappa shape index (κ3) is 8.79. The number of aliphatic imine (C=N–C) groups is 1. The number of ether oxygens (including phenoxy) is 3. The lowest BCUT2D eigenvalue weighted by Crippen LogP contribution is -2.38. The van der Waals surface area contributed by atoms with E-state index in [1.54, 1.807) is 14.2 Å². The fourth-order valence-electron chi connectivity index (χ4n) is 2.92. The molecule has 166 valence electrons. The van der Waals surface area contributed by atoms with Gasteiger partial charge in [0.25, 0.3) is 0 Å². The molecule has 2 rings (SSSR count). The van der Waals surface area contributed by atoms with Gasteiger partial charge in [-0.25, -0.2) is 0 Å². The smallest absolute Gasteiger partial charge is 0.191 e. The summed E-state index contributed by atoms with van der Waals surface area (Å²) in [5.74, 6) is 2.54. The Bertz CT molecular complexity index is 784. The molecular formula is C23H34IN3O3. The fraction of sp³-hybridized carbons (Fsp3) is 0.435. The number of hydrogen-bond donors (Lipinski definition) is 2. The van der Waals surface area contributed by atoms with Crippen LogP contribution >= 0.6 is 24.0 Å². The summed E-state index contributed by atoms with van der Waals surface area (Å²) in [5, 5.41) is 6.71. The summed E-state index contributed by atoms with van der Waals surface area (Å²) < 4.78 is 16.7. The first kappa shape index (κ1) is 26.0. The molecule has 0 saturated carbocycles. The molecule has 6 nitrogen and oxygen atoms in total. The lowest BCUT2D eigenvalue weighted by atomic mass is 10.1. The lowest BCUT2D eigenvalue weighted by molar-refractivity contribution is 0.110. The van der Waals surface area contributed by atoms with Gasteiger partial charge >= 0.3 is 0 Å². The zero-order valence-electron chi connectivity index (χ0n) is 18.4. The maximum absolute atomic E-state index is 5.91. The van der Waals surface area contributed by atoms with E-state index >= 15 is 0 Å². The highest BCUT2D eigenvalue weighted by atomic mass is 127. The first-order chi connectivity index (χ1) is 14.2. The van der Waals surface area contributed by atoms with Gasteiger partial charge in [0.2, 0.25) is 0 Å². The van der Waals surface area contributed by atoms with Gasteiger partial charge in [-0.05, 0) is 43.5 Å². The number of hydrogen-bond acceptors (Lipinski definition) is 4. The zero-order valence-corrected chi connectivity index (χ0v) is 20.7. The normalized spacial score (nSPS) is 10.9. The van der Waals surface area contributed by atoms with Gasteiger partial charge in [0.05, 0.1) is 13.7 Å². The summed E-state index contributed by atoms with van der Waals surface area (Å²) in [6, 6.07) is 14.3. The van der Waals surface area contributed by atoms with Crippen molar-refractivity contribution in [1.82, 2.24) is 10.6 Å². The van der Waals surface area contributed by atoms with Gasteiger partial charge in [-0.15, -0.1) is 24.0 Å². The second-order valence-corrected chi connectivity index (χ2v) is 6.57. The van der Waals surface area contributed by atoms with E-state index in [1.807, 2.05) is 25.1 Å². The van der Waals surface area contributed by atoms with Crippen LogP contribution in [-0.4, -0.2) is 46.5 Å².